The van der Waals surface area contributed by atoms with Crippen LogP contribution in [0.5, 0.6) is 0 Å². The van der Waals surface area contributed by atoms with Gasteiger partial charge in [0.2, 0.25) is 0 Å². The van der Waals surface area contributed by atoms with Crippen LogP contribution in [0.3, 0.4) is 0 Å². The molecule has 0 saturated carbocycles. The Morgan fingerprint density at radius 2 is 1.64 bits per heavy atom. The number of rotatable bonds is 1. The van der Waals surface area contributed by atoms with E-state index in [1.54, 1.807) is 6.07 Å². The lowest BCUT2D eigenvalue weighted by atomic mass is 10.2. The van der Waals surface area contributed by atoms with Gasteiger partial charge in [-0.15, -0.1) is 0 Å². The Bertz CT molecular complexity index is 238. The summed E-state index contributed by atoms with van der Waals surface area (Å²) in [5.41, 5.74) is 1.05. The van der Waals surface area contributed by atoms with E-state index in [0.717, 1.165) is 5.56 Å². The molecule has 60 valence electrons. The van der Waals surface area contributed by atoms with Crippen LogP contribution in [0.1, 0.15) is 17.7 Å². The third-order valence-corrected chi connectivity index (χ3v) is 2.10. The SMILES string of the molecule is C[C@@H](S)c1cc(Cl)cc(Cl)c1. The van der Waals surface area contributed by atoms with Crippen LogP contribution in [0.2, 0.25) is 10.0 Å². The van der Waals surface area contributed by atoms with Gasteiger partial charge in [0.1, 0.15) is 0 Å². The fourth-order valence-electron chi connectivity index (χ4n) is 0.816. The van der Waals surface area contributed by atoms with Crippen LogP contribution >= 0.6 is 35.8 Å². The fourth-order valence-corrected chi connectivity index (χ4v) is 1.51. The van der Waals surface area contributed by atoms with Crippen LogP contribution in [-0.4, -0.2) is 0 Å². The van der Waals surface area contributed by atoms with Gasteiger partial charge in [-0.25, -0.2) is 0 Å². The molecule has 0 aliphatic carbocycles. The first-order valence-electron chi connectivity index (χ1n) is 3.23. The lowest BCUT2D eigenvalue weighted by molar-refractivity contribution is 1.11. The molecule has 0 fully saturated rings. The second-order valence-electron chi connectivity index (χ2n) is 2.38. The second kappa shape index (κ2) is 3.70. The number of thiol groups is 1. The van der Waals surface area contributed by atoms with Gasteiger partial charge >= 0.3 is 0 Å². The van der Waals surface area contributed by atoms with Gasteiger partial charge in [-0.1, -0.05) is 23.2 Å². The highest BCUT2D eigenvalue weighted by Crippen LogP contribution is 2.26. The van der Waals surface area contributed by atoms with Gasteiger partial charge in [0, 0.05) is 15.3 Å². The third-order valence-electron chi connectivity index (χ3n) is 1.37. The molecule has 0 radical (unpaired) electrons. The highest BCUT2D eigenvalue weighted by molar-refractivity contribution is 7.80. The Morgan fingerprint density at radius 3 is 2.00 bits per heavy atom. The first-order valence-corrected chi connectivity index (χ1v) is 4.51. The van der Waals surface area contributed by atoms with Gasteiger partial charge in [-0.3, -0.25) is 0 Å². The molecule has 0 aromatic heterocycles. The Labute approximate surface area is 81.9 Å². The summed E-state index contributed by atoms with van der Waals surface area (Å²) in [6.07, 6.45) is 0. The lowest BCUT2D eigenvalue weighted by Gasteiger charge is -2.04. The van der Waals surface area contributed by atoms with E-state index in [2.05, 4.69) is 12.6 Å². The zero-order chi connectivity index (χ0) is 8.43. The lowest BCUT2D eigenvalue weighted by Crippen LogP contribution is -1.83. The molecule has 0 aliphatic heterocycles. The van der Waals surface area contributed by atoms with Gasteiger partial charge in [0.15, 0.2) is 0 Å². The summed E-state index contributed by atoms with van der Waals surface area (Å²) in [7, 11) is 0. The zero-order valence-corrected chi connectivity index (χ0v) is 8.42. The third kappa shape index (κ3) is 2.58. The molecule has 1 aromatic carbocycles. The molecule has 0 saturated heterocycles. The number of hydrogen-bond donors (Lipinski definition) is 1. The molecule has 0 bridgehead atoms. The standard InChI is InChI=1S/C8H8Cl2S/c1-5(11)6-2-7(9)4-8(10)3-6/h2-5,11H,1H3/t5-/m1/s1. The van der Waals surface area contributed by atoms with Crippen LogP contribution < -0.4 is 0 Å². The van der Waals surface area contributed by atoms with E-state index in [0.29, 0.717) is 10.0 Å². The molecule has 0 N–H and O–H groups in total. The topological polar surface area (TPSA) is 0 Å². The van der Waals surface area contributed by atoms with Crippen molar-refractivity contribution in [2.45, 2.75) is 12.2 Å². The van der Waals surface area contributed by atoms with E-state index in [1.807, 2.05) is 19.1 Å². The number of benzene rings is 1. The smallest absolute Gasteiger partial charge is 0.0423 e. The summed E-state index contributed by atoms with van der Waals surface area (Å²) in [5.74, 6) is 0. The molecule has 0 aliphatic rings. The molecule has 0 unspecified atom stereocenters. The second-order valence-corrected chi connectivity index (χ2v) is 4.03. The maximum absolute atomic E-state index is 5.78. The Hall–Kier alpha value is 0.150. The highest BCUT2D eigenvalue weighted by atomic mass is 35.5. The molecule has 0 heterocycles. The van der Waals surface area contributed by atoms with Crippen LogP contribution in [0.15, 0.2) is 18.2 Å². The quantitative estimate of drug-likeness (QED) is 0.661. The number of hydrogen-bond acceptors (Lipinski definition) is 1. The van der Waals surface area contributed by atoms with Gasteiger partial charge in [-0.2, -0.15) is 12.6 Å². The highest BCUT2D eigenvalue weighted by Gasteiger charge is 2.01. The molecule has 1 rings (SSSR count). The van der Waals surface area contributed by atoms with Crippen LogP contribution in [-0.2, 0) is 0 Å². The number of halogens is 2. The Balaban J connectivity index is 3.08. The first kappa shape index (κ1) is 9.24. The molecule has 0 nitrogen and oxygen atoms in total. The summed E-state index contributed by atoms with van der Waals surface area (Å²) in [6, 6.07) is 5.44. The van der Waals surface area contributed by atoms with Crippen molar-refractivity contribution in [3.05, 3.63) is 33.8 Å². The molecule has 1 atom stereocenters. The van der Waals surface area contributed by atoms with Crippen molar-refractivity contribution in [3.8, 4) is 0 Å². The molecular weight excluding hydrogens is 199 g/mol. The minimum absolute atomic E-state index is 0.172. The average molecular weight is 207 g/mol. The molecule has 0 amide bonds. The largest absolute Gasteiger partial charge is 0.171 e. The van der Waals surface area contributed by atoms with E-state index in [1.165, 1.54) is 0 Å². The molecule has 1 aromatic rings. The molecule has 11 heavy (non-hydrogen) atoms. The van der Waals surface area contributed by atoms with Crippen LogP contribution in [0.25, 0.3) is 0 Å². The van der Waals surface area contributed by atoms with Crippen LogP contribution in [0, 0.1) is 0 Å². The Kier molecular flexibility index (Phi) is 3.11. The van der Waals surface area contributed by atoms with Crippen molar-refractivity contribution in [2.75, 3.05) is 0 Å². The summed E-state index contributed by atoms with van der Waals surface area (Å²) >= 11 is 15.8. The fraction of sp³-hybridized carbons (Fsp3) is 0.250. The molecule has 0 spiro atoms. The normalized spacial score (nSPS) is 13.1. The predicted octanol–water partition coefficient (Wildman–Crippen LogP) is 3.98. The van der Waals surface area contributed by atoms with E-state index < -0.39 is 0 Å². The van der Waals surface area contributed by atoms with E-state index >= 15 is 0 Å². The van der Waals surface area contributed by atoms with Gasteiger partial charge in [0.05, 0.1) is 0 Å². The van der Waals surface area contributed by atoms with E-state index in [-0.39, 0.29) is 5.25 Å². The Morgan fingerprint density at radius 1 is 1.18 bits per heavy atom. The van der Waals surface area contributed by atoms with Gasteiger partial charge < -0.3 is 0 Å². The van der Waals surface area contributed by atoms with Gasteiger partial charge in [-0.05, 0) is 30.7 Å². The predicted molar refractivity (Wildman–Crippen MR) is 53.9 cm³/mol. The summed E-state index contributed by atoms with van der Waals surface area (Å²) in [4.78, 5) is 0. The van der Waals surface area contributed by atoms with Crippen molar-refractivity contribution >= 4 is 35.8 Å². The van der Waals surface area contributed by atoms with Crippen molar-refractivity contribution in [2.24, 2.45) is 0 Å². The summed E-state index contributed by atoms with van der Waals surface area (Å²) in [6.45, 7) is 1.98. The van der Waals surface area contributed by atoms with Crippen molar-refractivity contribution in [1.29, 1.82) is 0 Å². The van der Waals surface area contributed by atoms with Crippen molar-refractivity contribution in [1.82, 2.24) is 0 Å². The maximum Gasteiger partial charge on any atom is 0.0423 e. The van der Waals surface area contributed by atoms with Crippen LogP contribution in [0.4, 0.5) is 0 Å². The van der Waals surface area contributed by atoms with Crippen molar-refractivity contribution in [3.63, 3.8) is 0 Å². The summed E-state index contributed by atoms with van der Waals surface area (Å²) < 4.78 is 0. The minimum Gasteiger partial charge on any atom is -0.171 e. The zero-order valence-electron chi connectivity index (χ0n) is 6.01. The summed E-state index contributed by atoms with van der Waals surface area (Å²) in [5, 5.41) is 1.49. The van der Waals surface area contributed by atoms with Gasteiger partial charge in [0.25, 0.3) is 0 Å². The first-order chi connectivity index (χ1) is 5.09. The molecular formula is C8H8Cl2S. The average Bonchev–Trinajstić information content (AvgIpc) is 1.85. The minimum atomic E-state index is 0.172. The van der Waals surface area contributed by atoms with E-state index in [4.69, 9.17) is 23.2 Å². The molecule has 3 heteroatoms. The monoisotopic (exact) mass is 206 g/mol. The maximum atomic E-state index is 5.78. The van der Waals surface area contributed by atoms with E-state index in [9.17, 15) is 0 Å². The van der Waals surface area contributed by atoms with Crippen molar-refractivity contribution < 1.29 is 0 Å².